The highest BCUT2D eigenvalue weighted by Gasteiger charge is 2.38. The van der Waals surface area contributed by atoms with Crippen LogP contribution in [-0.2, 0) is 5.41 Å². The second-order valence-corrected chi connectivity index (χ2v) is 16.2. The van der Waals surface area contributed by atoms with Gasteiger partial charge in [0.05, 0.1) is 33.5 Å². The Morgan fingerprint density at radius 3 is 1.69 bits per heavy atom. The van der Waals surface area contributed by atoms with Gasteiger partial charge in [0.15, 0.2) is 5.82 Å². The van der Waals surface area contributed by atoms with Crippen LogP contribution in [0.15, 0.2) is 194 Å². The van der Waals surface area contributed by atoms with Crippen molar-refractivity contribution < 1.29 is 0 Å². The first-order valence-electron chi connectivity index (χ1n) is 20.3. The van der Waals surface area contributed by atoms with Gasteiger partial charge >= 0.3 is 0 Å². The largest absolute Gasteiger partial charge is 0.309 e. The molecule has 0 saturated heterocycles. The number of hydrogen-bond acceptors (Lipinski definition) is 2. The molecule has 0 bridgehead atoms. The summed E-state index contributed by atoms with van der Waals surface area (Å²) in [6, 6.07) is 69.7. The van der Waals surface area contributed by atoms with Gasteiger partial charge in [-0.2, -0.15) is 0 Å². The highest BCUT2D eigenvalue weighted by molar-refractivity contribution is 6.27. The lowest BCUT2D eigenvalue weighted by molar-refractivity contribution is 0.664. The van der Waals surface area contributed by atoms with Gasteiger partial charge in [0.25, 0.3) is 0 Å². The molecule has 8 aromatic carbocycles. The van der Waals surface area contributed by atoms with Crippen molar-refractivity contribution in [3.8, 4) is 56.4 Å². The van der Waals surface area contributed by atoms with Gasteiger partial charge in [0, 0.05) is 55.0 Å². The smallest absolute Gasteiger partial charge is 0.160 e. The fourth-order valence-corrected chi connectivity index (χ4v) is 9.86. The Morgan fingerprint density at radius 2 is 0.983 bits per heavy atom. The lowest BCUT2D eigenvalue weighted by Crippen LogP contribution is -2.16. The van der Waals surface area contributed by atoms with Crippen LogP contribution in [0.2, 0.25) is 0 Å². The van der Waals surface area contributed by atoms with E-state index < -0.39 is 0 Å². The number of para-hydroxylation sites is 2. The van der Waals surface area contributed by atoms with Crippen molar-refractivity contribution in [3.05, 3.63) is 205 Å². The zero-order valence-corrected chi connectivity index (χ0v) is 32.8. The molecule has 0 aliphatic heterocycles. The molecule has 0 amide bonds. The Balaban J connectivity index is 1.14. The van der Waals surface area contributed by atoms with Gasteiger partial charge in [0.1, 0.15) is 0 Å². The minimum absolute atomic E-state index is 0.220. The zero-order chi connectivity index (χ0) is 39.2. The molecule has 1 aliphatic rings. The van der Waals surface area contributed by atoms with Crippen molar-refractivity contribution >= 4 is 43.6 Å². The van der Waals surface area contributed by atoms with Gasteiger partial charge in [-0.15, -0.1) is 0 Å². The summed E-state index contributed by atoms with van der Waals surface area (Å²) >= 11 is 0. The van der Waals surface area contributed by atoms with Crippen molar-refractivity contribution in [2.24, 2.45) is 0 Å². The highest BCUT2D eigenvalue weighted by atomic mass is 15.0. The molecule has 4 nitrogen and oxygen atoms in total. The minimum atomic E-state index is -0.220. The molecular formula is C55H38N4. The SMILES string of the molecule is CC1(C)c2ccccc2-c2ccc3c4c(ccc5c6ccccc6n(-c6ccccc6)c54)n(-c4ccc(-c5nc(-c6ccccc6)cc(-c6ccccc6)n5)cc4)c3c21. The molecule has 4 heteroatoms. The first-order valence-corrected chi connectivity index (χ1v) is 20.3. The molecule has 0 spiro atoms. The molecule has 3 heterocycles. The highest BCUT2D eigenvalue weighted by Crippen LogP contribution is 2.54. The van der Waals surface area contributed by atoms with Crippen LogP contribution in [0.1, 0.15) is 25.0 Å². The van der Waals surface area contributed by atoms with Crippen molar-refractivity contribution in [3.63, 3.8) is 0 Å². The zero-order valence-electron chi connectivity index (χ0n) is 32.8. The Labute approximate surface area is 342 Å². The Hall–Kier alpha value is -7.56. The van der Waals surface area contributed by atoms with Gasteiger partial charge < -0.3 is 9.13 Å². The molecule has 3 aromatic heterocycles. The van der Waals surface area contributed by atoms with E-state index in [4.69, 9.17) is 9.97 Å². The van der Waals surface area contributed by atoms with Crippen LogP contribution in [0.25, 0.3) is 100 Å². The maximum atomic E-state index is 5.15. The summed E-state index contributed by atoms with van der Waals surface area (Å²) in [5.74, 6) is 0.700. The van der Waals surface area contributed by atoms with Crippen LogP contribution < -0.4 is 0 Å². The van der Waals surface area contributed by atoms with E-state index in [1.54, 1.807) is 0 Å². The summed E-state index contributed by atoms with van der Waals surface area (Å²) in [4.78, 5) is 10.3. The van der Waals surface area contributed by atoms with Crippen LogP contribution in [0.4, 0.5) is 0 Å². The van der Waals surface area contributed by atoms with Crippen LogP contribution >= 0.6 is 0 Å². The average molecular weight is 755 g/mol. The first kappa shape index (κ1) is 33.6. The molecule has 1 aliphatic carbocycles. The minimum Gasteiger partial charge on any atom is -0.309 e. The molecule has 0 radical (unpaired) electrons. The predicted molar refractivity (Wildman–Crippen MR) is 245 cm³/mol. The standard InChI is InChI=1S/C55H38N4/c1-55(2)45-24-14-12-22-40(45)42-30-31-44-50-49(33-32-43-41-23-13-15-25-48(41)58(52(43)50)38-20-10-5-11-21-38)59(53(44)51(42)55)39-28-26-37(27-29-39)54-56-46(35-16-6-3-7-17-35)34-47(57-54)36-18-8-4-9-19-36/h3-34H,1-2H3. The van der Waals surface area contributed by atoms with E-state index in [-0.39, 0.29) is 5.41 Å². The van der Waals surface area contributed by atoms with Crippen molar-refractivity contribution in [2.75, 3.05) is 0 Å². The first-order chi connectivity index (χ1) is 29.0. The fraction of sp³-hybridized carbons (Fsp3) is 0.0545. The molecule has 278 valence electrons. The average Bonchev–Trinajstić information content (AvgIpc) is 3.90. The topological polar surface area (TPSA) is 35.6 Å². The predicted octanol–water partition coefficient (Wildman–Crippen LogP) is 14.0. The summed E-state index contributed by atoms with van der Waals surface area (Å²) in [6.07, 6.45) is 0. The molecule has 0 unspecified atom stereocenters. The lowest BCUT2D eigenvalue weighted by Gasteiger charge is -2.23. The van der Waals surface area contributed by atoms with Crippen LogP contribution in [0.3, 0.4) is 0 Å². The van der Waals surface area contributed by atoms with Crippen LogP contribution in [0, 0.1) is 0 Å². The van der Waals surface area contributed by atoms with E-state index in [2.05, 4.69) is 205 Å². The molecule has 0 saturated carbocycles. The van der Waals surface area contributed by atoms with Crippen molar-refractivity contribution in [2.45, 2.75) is 19.3 Å². The molecule has 11 aromatic rings. The number of hydrogen-bond donors (Lipinski definition) is 0. The second-order valence-electron chi connectivity index (χ2n) is 16.2. The maximum Gasteiger partial charge on any atom is 0.160 e. The maximum absolute atomic E-state index is 5.15. The van der Waals surface area contributed by atoms with E-state index >= 15 is 0 Å². The summed E-state index contributed by atoms with van der Waals surface area (Å²) < 4.78 is 4.98. The molecule has 0 atom stereocenters. The molecule has 0 N–H and O–H groups in total. The fourth-order valence-electron chi connectivity index (χ4n) is 9.86. The Morgan fingerprint density at radius 1 is 0.407 bits per heavy atom. The number of benzene rings is 8. The van der Waals surface area contributed by atoms with E-state index in [1.165, 1.54) is 65.9 Å². The summed E-state index contributed by atoms with van der Waals surface area (Å²) in [5.41, 5.74) is 17.1. The normalized spacial score (nSPS) is 13.1. The van der Waals surface area contributed by atoms with E-state index in [9.17, 15) is 0 Å². The number of fused-ring (bicyclic) bond motifs is 11. The number of nitrogens with zero attached hydrogens (tertiary/aromatic N) is 4. The third-order valence-electron chi connectivity index (χ3n) is 12.5. The number of aromatic nitrogens is 4. The molecule has 0 fully saturated rings. The van der Waals surface area contributed by atoms with Gasteiger partial charge in [-0.1, -0.05) is 153 Å². The summed E-state index contributed by atoms with van der Waals surface area (Å²) in [5, 5.41) is 5.00. The molecular weight excluding hydrogens is 717 g/mol. The third kappa shape index (κ3) is 4.96. The number of rotatable bonds is 5. The molecule has 12 rings (SSSR count). The monoisotopic (exact) mass is 754 g/mol. The van der Waals surface area contributed by atoms with Gasteiger partial charge in [-0.25, -0.2) is 9.97 Å². The summed E-state index contributed by atoms with van der Waals surface area (Å²) in [6.45, 7) is 4.78. The van der Waals surface area contributed by atoms with E-state index in [0.29, 0.717) is 5.82 Å². The lowest BCUT2D eigenvalue weighted by atomic mass is 9.81. The van der Waals surface area contributed by atoms with Crippen molar-refractivity contribution in [1.82, 2.24) is 19.1 Å². The van der Waals surface area contributed by atoms with Gasteiger partial charge in [0.2, 0.25) is 0 Å². The van der Waals surface area contributed by atoms with Crippen molar-refractivity contribution in [1.29, 1.82) is 0 Å². The quantitative estimate of drug-likeness (QED) is 0.175. The molecule has 59 heavy (non-hydrogen) atoms. The third-order valence-corrected chi connectivity index (χ3v) is 12.5. The Kier molecular flexibility index (Phi) is 7.24. The Bertz CT molecular complexity index is 3370. The second kappa shape index (κ2) is 12.7. The van der Waals surface area contributed by atoms with Gasteiger partial charge in [-0.3, -0.25) is 0 Å². The van der Waals surface area contributed by atoms with Crippen LogP contribution in [0.5, 0.6) is 0 Å². The van der Waals surface area contributed by atoms with E-state index in [0.717, 1.165) is 39.5 Å². The van der Waals surface area contributed by atoms with E-state index in [1.807, 2.05) is 12.1 Å². The van der Waals surface area contributed by atoms with Crippen LogP contribution in [-0.4, -0.2) is 19.1 Å². The summed E-state index contributed by atoms with van der Waals surface area (Å²) in [7, 11) is 0. The van der Waals surface area contributed by atoms with Gasteiger partial charge in [-0.05, 0) is 76.9 Å².